The Kier molecular flexibility index (Phi) is 9.98. The van der Waals surface area contributed by atoms with Crippen LogP contribution in [0.4, 0.5) is 5.69 Å². The molecule has 1 N–H and O–H groups in total. The maximum absolute atomic E-state index is 9.55. The molecule has 0 spiro atoms. The van der Waals surface area contributed by atoms with Crippen molar-refractivity contribution in [3.05, 3.63) is 29.3 Å². The van der Waals surface area contributed by atoms with Gasteiger partial charge >= 0.3 is 0 Å². The first-order valence-electron chi connectivity index (χ1n) is 9.16. The number of nitrogens with zero attached hydrogens (tertiary/aromatic N) is 1. The Morgan fingerprint density at radius 2 is 1.36 bits per heavy atom. The summed E-state index contributed by atoms with van der Waals surface area (Å²) in [6.45, 7) is 4.37. The molecular weight excluding hydrogens is 270 g/mol. The van der Waals surface area contributed by atoms with E-state index in [1.807, 2.05) is 6.07 Å². The average molecular weight is 306 g/mol. The monoisotopic (exact) mass is 305 g/mol. The minimum absolute atomic E-state index is 0.891. The van der Waals surface area contributed by atoms with Crippen molar-refractivity contribution in [2.45, 2.75) is 84.5 Å². The van der Waals surface area contributed by atoms with Crippen molar-refractivity contribution < 1.29 is 5.21 Å². The summed E-state index contributed by atoms with van der Waals surface area (Å²) in [5.74, 6) is 0. The molecule has 0 fully saturated rings. The van der Waals surface area contributed by atoms with Crippen LogP contribution in [0.15, 0.2) is 18.2 Å². The summed E-state index contributed by atoms with van der Waals surface area (Å²) in [7, 11) is 1.68. The normalized spacial score (nSPS) is 10.9. The standard InChI is InChI=1S/C20H35NO/c1-4-5-6-7-8-9-10-11-12-13-14-19-15-18(2)16-20(17-19)21(3)22/h15-17,22H,4-14H2,1-3H3. The van der Waals surface area contributed by atoms with Crippen LogP contribution in [-0.4, -0.2) is 12.3 Å². The molecule has 2 nitrogen and oxygen atoms in total. The van der Waals surface area contributed by atoms with Gasteiger partial charge in [-0.1, -0.05) is 70.8 Å². The maximum atomic E-state index is 9.55. The second-order valence-corrected chi connectivity index (χ2v) is 6.63. The molecule has 1 aromatic rings. The highest BCUT2D eigenvalue weighted by atomic mass is 16.5. The first-order valence-corrected chi connectivity index (χ1v) is 9.16. The molecule has 1 aromatic carbocycles. The van der Waals surface area contributed by atoms with Crippen molar-refractivity contribution >= 4 is 5.69 Å². The number of rotatable bonds is 12. The predicted molar refractivity (Wildman–Crippen MR) is 96.9 cm³/mol. The summed E-state index contributed by atoms with van der Waals surface area (Å²) in [6, 6.07) is 6.35. The first-order chi connectivity index (χ1) is 10.6. The molecule has 22 heavy (non-hydrogen) atoms. The molecule has 0 radical (unpaired) electrons. The fraction of sp³-hybridized carbons (Fsp3) is 0.700. The van der Waals surface area contributed by atoms with E-state index in [1.54, 1.807) is 7.05 Å². The molecule has 0 bridgehead atoms. The van der Waals surface area contributed by atoms with E-state index >= 15 is 0 Å². The van der Waals surface area contributed by atoms with Gasteiger partial charge in [-0.3, -0.25) is 10.3 Å². The van der Waals surface area contributed by atoms with Crippen LogP contribution in [-0.2, 0) is 6.42 Å². The second-order valence-electron chi connectivity index (χ2n) is 6.63. The third kappa shape index (κ3) is 8.43. The molecular formula is C20H35NO. The van der Waals surface area contributed by atoms with Crippen LogP contribution in [0.3, 0.4) is 0 Å². The van der Waals surface area contributed by atoms with E-state index < -0.39 is 0 Å². The fourth-order valence-corrected chi connectivity index (χ4v) is 2.99. The Hall–Kier alpha value is -1.02. The summed E-state index contributed by atoms with van der Waals surface area (Å²) in [6.07, 6.45) is 14.9. The molecule has 0 heterocycles. The summed E-state index contributed by atoms with van der Waals surface area (Å²) in [5, 5.41) is 10.8. The van der Waals surface area contributed by atoms with Gasteiger partial charge in [0, 0.05) is 7.05 Å². The Morgan fingerprint density at radius 3 is 1.91 bits per heavy atom. The van der Waals surface area contributed by atoms with Crippen LogP contribution in [0, 0.1) is 6.92 Å². The molecule has 0 aromatic heterocycles. The lowest BCUT2D eigenvalue weighted by Crippen LogP contribution is -2.10. The number of anilines is 1. The van der Waals surface area contributed by atoms with E-state index in [1.165, 1.54) is 80.4 Å². The molecule has 1 rings (SSSR count). The number of hydroxylamine groups is 1. The Balaban J connectivity index is 2.10. The van der Waals surface area contributed by atoms with Gasteiger partial charge in [-0.05, 0) is 43.0 Å². The molecule has 0 unspecified atom stereocenters. The number of aryl methyl sites for hydroxylation is 2. The van der Waals surface area contributed by atoms with Crippen LogP contribution < -0.4 is 5.06 Å². The molecule has 0 aliphatic rings. The van der Waals surface area contributed by atoms with Gasteiger partial charge in [0.05, 0.1) is 5.69 Å². The smallest absolute Gasteiger partial charge is 0.0636 e. The van der Waals surface area contributed by atoms with Crippen molar-refractivity contribution in [1.29, 1.82) is 0 Å². The Bertz CT molecular complexity index is 401. The van der Waals surface area contributed by atoms with Crippen LogP contribution in [0.5, 0.6) is 0 Å². The van der Waals surface area contributed by atoms with Crippen LogP contribution in [0.2, 0.25) is 0 Å². The van der Waals surface area contributed by atoms with Crippen LogP contribution in [0.25, 0.3) is 0 Å². The van der Waals surface area contributed by atoms with Gasteiger partial charge in [-0.15, -0.1) is 0 Å². The highest BCUT2D eigenvalue weighted by molar-refractivity contribution is 5.48. The highest BCUT2D eigenvalue weighted by Gasteiger charge is 2.02. The molecule has 0 atom stereocenters. The van der Waals surface area contributed by atoms with Gasteiger partial charge < -0.3 is 0 Å². The minimum atomic E-state index is 0.891. The molecule has 0 saturated heterocycles. The van der Waals surface area contributed by atoms with E-state index in [0.717, 1.165) is 12.1 Å². The second kappa shape index (κ2) is 11.5. The number of hydrogen-bond donors (Lipinski definition) is 1. The van der Waals surface area contributed by atoms with Gasteiger partial charge in [0.1, 0.15) is 0 Å². The lowest BCUT2D eigenvalue weighted by Gasteiger charge is -2.13. The molecule has 0 saturated carbocycles. The maximum Gasteiger partial charge on any atom is 0.0636 e. The Morgan fingerprint density at radius 1 is 0.818 bits per heavy atom. The van der Waals surface area contributed by atoms with Crippen molar-refractivity contribution in [3.8, 4) is 0 Å². The Labute approximate surface area is 137 Å². The summed E-state index contributed by atoms with van der Waals surface area (Å²) < 4.78 is 0. The lowest BCUT2D eigenvalue weighted by molar-refractivity contribution is 0.279. The predicted octanol–water partition coefficient (Wildman–Crippen LogP) is 6.28. The molecule has 0 aliphatic carbocycles. The van der Waals surface area contributed by atoms with Gasteiger partial charge in [0.15, 0.2) is 0 Å². The van der Waals surface area contributed by atoms with Crippen molar-refractivity contribution in [3.63, 3.8) is 0 Å². The van der Waals surface area contributed by atoms with E-state index in [9.17, 15) is 5.21 Å². The van der Waals surface area contributed by atoms with Crippen LogP contribution in [0.1, 0.15) is 82.3 Å². The van der Waals surface area contributed by atoms with E-state index in [2.05, 4.69) is 26.0 Å². The van der Waals surface area contributed by atoms with Crippen molar-refractivity contribution in [2.24, 2.45) is 0 Å². The first kappa shape index (κ1) is 19.0. The topological polar surface area (TPSA) is 23.5 Å². The van der Waals surface area contributed by atoms with Crippen LogP contribution >= 0.6 is 0 Å². The number of hydrogen-bond acceptors (Lipinski definition) is 2. The molecule has 2 heteroatoms. The molecule has 0 amide bonds. The highest BCUT2D eigenvalue weighted by Crippen LogP contribution is 2.19. The average Bonchev–Trinajstić information content (AvgIpc) is 2.48. The largest absolute Gasteiger partial charge is 0.289 e. The summed E-state index contributed by atoms with van der Waals surface area (Å²) >= 11 is 0. The third-order valence-corrected chi connectivity index (χ3v) is 4.31. The lowest BCUT2D eigenvalue weighted by atomic mass is 10.0. The third-order valence-electron chi connectivity index (χ3n) is 4.31. The van der Waals surface area contributed by atoms with Crippen molar-refractivity contribution in [2.75, 3.05) is 12.1 Å². The summed E-state index contributed by atoms with van der Waals surface area (Å²) in [4.78, 5) is 0. The zero-order valence-electron chi connectivity index (χ0n) is 14.9. The van der Waals surface area contributed by atoms with Gasteiger partial charge in [-0.25, -0.2) is 0 Å². The molecule has 0 aliphatic heterocycles. The zero-order valence-corrected chi connectivity index (χ0v) is 14.9. The minimum Gasteiger partial charge on any atom is -0.289 e. The molecule has 126 valence electrons. The van der Waals surface area contributed by atoms with Gasteiger partial charge in [-0.2, -0.15) is 0 Å². The SMILES string of the molecule is CCCCCCCCCCCCc1cc(C)cc(N(C)O)c1. The van der Waals surface area contributed by atoms with E-state index in [-0.39, 0.29) is 0 Å². The zero-order chi connectivity index (χ0) is 16.2. The fourth-order valence-electron chi connectivity index (χ4n) is 2.99. The van der Waals surface area contributed by atoms with E-state index in [0.29, 0.717) is 0 Å². The van der Waals surface area contributed by atoms with Crippen molar-refractivity contribution in [1.82, 2.24) is 0 Å². The van der Waals surface area contributed by atoms with Gasteiger partial charge in [0.25, 0.3) is 0 Å². The van der Waals surface area contributed by atoms with Gasteiger partial charge in [0.2, 0.25) is 0 Å². The number of benzene rings is 1. The van der Waals surface area contributed by atoms with E-state index in [4.69, 9.17) is 0 Å². The summed E-state index contributed by atoms with van der Waals surface area (Å²) in [5.41, 5.74) is 3.46. The number of unbranched alkanes of at least 4 members (excludes halogenated alkanes) is 9. The quantitative estimate of drug-likeness (QED) is 0.362.